The summed E-state index contributed by atoms with van der Waals surface area (Å²) >= 11 is 0. The molecule has 8 nitrogen and oxygen atoms in total. The number of nitrogens with one attached hydrogen (secondary N) is 1. The molecule has 0 spiro atoms. The van der Waals surface area contributed by atoms with Gasteiger partial charge in [0.2, 0.25) is 0 Å². The van der Waals surface area contributed by atoms with E-state index in [1.165, 1.54) is 17.9 Å². The number of hydrogen-bond acceptors (Lipinski definition) is 6. The van der Waals surface area contributed by atoms with Crippen molar-refractivity contribution in [1.29, 1.82) is 5.26 Å². The number of aromatic nitrogens is 1. The van der Waals surface area contributed by atoms with Crippen LogP contribution in [-0.4, -0.2) is 36.4 Å². The second-order valence-corrected chi connectivity index (χ2v) is 5.59. The number of nitrogen functional groups attached to an aromatic ring is 1. The lowest BCUT2D eigenvalue weighted by molar-refractivity contribution is 0.0593. The molecule has 3 N–H and O–H groups in total. The van der Waals surface area contributed by atoms with Crippen LogP contribution < -0.4 is 11.1 Å². The van der Waals surface area contributed by atoms with E-state index in [9.17, 15) is 9.59 Å². The molecule has 1 saturated heterocycles. The number of nitriles is 1. The van der Waals surface area contributed by atoms with Crippen molar-refractivity contribution in [3.8, 4) is 11.8 Å². The quantitative estimate of drug-likeness (QED) is 0.811. The molecule has 1 aliphatic heterocycles. The SMILES string of the molecule is COC(=O)c1c(N)c(C#N)cn1-c1ccc(CC2COC(=O)N2)cc1. The van der Waals surface area contributed by atoms with Crippen molar-refractivity contribution in [2.45, 2.75) is 12.5 Å². The van der Waals surface area contributed by atoms with E-state index in [1.54, 1.807) is 12.1 Å². The van der Waals surface area contributed by atoms with Gasteiger partial charge in [0.05, 0.1) is 24.4 Å². The molecule has 1 amide bonds. The molecule has 1 aromatic heterocycles. The Hall–Kier alpha value is -3.47. The lowest BCUT2D eigenvalue weighted by Crippen LogP contribution is -2.28. The van der Waals surface area contributed by atoms with Gasteiger partial charge in [-0.15, -0.1) is 0 Å². The largest absolute Gasteiger partial charge is 0.464 e. The zero-order valence-electron chi connectivity index (χ0n) is 13.5. The fraction of sp³-hybridized carbons (Fsp3) is 0.235. The highest BCUT2D eigenvalue weighted by molar-refractivity contribution is 5.95. The Morgan fingerprint density at radius 1 is 1.48 bits per heavy atom. The summed E-state index contributed by atoms with van der Waals surface area (Å²) in [4.78, 5) is 23.1. The van der Waals surface area contributed by atoms with Gasteiger partial charge in [0.1, 0.15) is 12.7 Å². The van der Waals surface area contributed by atoms with Crippen molar-refractivity contribution in [1.82, 2.24) is 9.88 Å². The second kappa shape index (κ2) is 6.57. The highest BCUT2D eigenvalue weighted by atomic mass is 16.6. The highest BCUT2D eigenvalue weighted by Crippen LogP contribution is 2.25. The standard InChI is InChI=1S/C17H16N4O4/c1-24-16(22)15-14(19)11(7-18)8-21(15)13-4-2-10(3-5-13)6-12-9-25-17(23)20-12/h2-5,8,12H,6,9,19H2,1H3,(H,20,23). The number of nitrogens with zero attached hydrogens (tertiary/aromatic N) is 2. The topological polar surface area (TPSA) is 119 Å². The van der Waals surface area contributed by atoms with Gasteiger partial charge >= 0.3 is 12.1 Å². The molecule has 0 saturated carbocycles. The number of anilines is 1. The maximum Gasteiger partial charge on any atom is 0.407 e. The van der Waals surface area contributed by atoms with Crippen molar-refractivity contribution >= 4 is 17.7 Å². The molecule has 0 bridgehead atoms. The van der Waals surface area contributed by atoms with Gasteiger partial charge in [0.15, 0.2) is 5.69 Å². The molecule has 1 aliphatic rings. The first-order valence-corrected chi connectivity index (χ1v) is 7.55. The number of esters is 1. The van der Waals surface area contributed by atoms with E-state index in [2.05, 4.69) is 5.32 Å². The number of alkyl carbamates (subject to hydrolysis) is 1. The van der Waals surface area contributed by atoms with E-state index in [1.807, 2.05) is 18.2 Å². The van der Waals surface area contributed by atoms with Crippen LogP contribution in [0.1, 0.15) is 21.6 Å². The molecule has 8 heteroatoms. The van der Waals surface area contributed by atoms with Crippen LogP contribution >= 0.6 is 0 Å². The minimum absolute atomic E-state index is 0.0589. The van der Waals surface area contributed by atoms with Gasteiger partial charge < -0.3 is 25.1 Å². The van der Waals surface area contributed by atoms with E-state index in [0.717, 1.165) is 5.56 Å². The Labute approximate surface area is 143 Å². The Balaban J connectivity index is 1.88. The zero-order chi connectivity index (χ0) is 18.0. The third-order valence-corrected chi connectivity index (χ3v) is 3.98. The summed E-state index contributed by atoms with van der Waals surface area (Å²) in [7, 11) is 1.26. The highest BCUT2D eigenvalue weighted by Gasteiger charge is 2.23. The number of nitrogens with two attached hydrogens (primary N) is 1. The fourth-order valence-electron chi connectivity index (χ4n) is 2.73. The Bertz CT molecular complexity index is 864. The van der Waals surface area contributed by atoms with Crippen LogP contribution in [0, 0.1) is 11.3 Å². The van der Waals surface area contributed by atoms with Crippen LogP contribution in [0.3, 0.4) is 0 Å². The number of benzene rings is 1. The molecule has 1 unspecified atom stereocenters. The summed E-state index contributed by atoms with van der Waals surface area (Å²) in [5.41, 5.74) is 7.96. The lowest BCUT2D eigenvalue weighted by atomic mass is 10.1. The fourth-order valence-corrected chi connectivity index (χ4v) is 2.73. The molecule has 3 rings (SSSR count). The summed E-state index contributed by atoms with van der Waals surface area (Å²) in [6.45, 7) is 0.340. The molecule has 1 aromatic carbocycles. The molecule has 1 fully saturated rings. The number of ether oxygens (including phenoxy) is 2. The molecule has 2 heterocycles. The smallest absolute Gasteiger partial charge is 0.407 e. The van der Waals surface area contributed by atoms with Gasteiger partial charge in [-0.1, -0.05) is 12.1 Å². The molecule has 0 aliphatic carbocycles. The number of rotatable bonds is 4. The van der Waals surface area contributed by atoms with Gasteiger partial charge in [-0.2, -0.15) is 5.26 Å². The predicted octanol–water partition coefficient (Wildman–Crippen LogP) is 1.37. The molecule has 1 atom stereocenters. The minimum Gasteiger partial charge on any atom is -0.464 e. The Morgan fingerprint density at radius 3 is 2.76 bits per heavy atom. The van der Waals surface area contributed by atoms with E-state index in [4.69, 9.17) is 20.5 Å². The predicted molar refractivity (Wildman–Crippen MR) is 88.2 cm³/mol. The first-order chi connectivity index (χ1) is 12.0. The zero-order valence-corrected chi connectivity index (χ0v) is 13.5. The van der Waals surface area contributed by atoms with E-state index >= 15 is 0 Å². The van der Waals surface area contributed by atoms with Crippen molar-refractivity contribution in [2.24, 2.45) is 0 Å². The van der Waals surface area contributed by atoms with Gasteiger partial charge in [-0.3, -0.25) is 0 Å². The van der Waals surface area contributed by atoms with Gasteiger partial charge in [0.25, 0.3) is 0 Å². The maximum atomic E-state index is 12.0. The second-order valence-electron chi connectivity index (χ2n) is 5.59. The van der Waals surface area contributed by atoms with Crippen LogP contribution in [-0.2, 0) is 15.9 Å². The Kier molecular flexibility index (Phi) is 4.31. The van der Waals surface area contributed by atoms with E-state index in [-0.39, 0.29) is 23.0 Å². The van der Waals surface area contributed by atoms with Crippen molar-refractivity contribution in [3.05, 3.63) is 47.3 Å². The van der Waals surface area contributed by atoms with Crippen molar-refractivity contribution in [3.63, 3.8) is 0 Å². The molecular formula is C17H16N4O4. The first-order valence-electron chi connectivity index (χ1n) is 7.55. The average Bonchev–Trinajstić information content (AvgIpc) is 3.17. The number of hydrogen-bond donors (Lipinski definition) is 2. The van der Waals surface area contributed by atoms with Crippen LogP contribution in [0.25, 0.3) is 5.69 Å². The maximum absolute atomic E-state index is 12.0. The first kappa shape index (κ1) is 16.4. The molecular weight excluding hydrogens is 324 g/mol. The number of carbonyl (C=O) groups excluding carboxylic acids is 2. The number of amides is 1. The number of carbonyl (C=O) groups is 2. The summed E-state index contributed by atoms with van der Waals surface area (Å²) in [6, 6.07) is 9.27. The normalized spacial score (nSPS) is 16.0. The van der Waals surface area contributed by atoms with Gasteiger partial charge in [-0.05, 0) is 24.1 Å². The van der Waals surface area contributed by atoms with E-state index in [0.29, 0.717) is 18.7 Å². The summed E-state index contributed by atoms with van der Waals surface area (Å²) in [5.74, 6) is -0.617. The Morgan fingerprint density at radius 2 is 2.20 bits per heavy atom. The summed E-state index contributed by atoms with van der Waals surface area (Å²) in [6.07, 6.45) is 1.73. The summed E-state index contributed by atoms with van der Waals surface area (Å²) in [5, 5.41) is 11.9. The number of cyclic esters (lactones) is 1. The summed E-state index contributed by atoms with van der Waals surface area (Å²) < 4.78 is 11.2. The molecule has 128 valence electrons. The molecule has 0 radical (unpaired) electrons. The van der Waals surface area contributed by atoms with Crippen LogP contribution in [0.15, 0.2) is 30.5 Å². The molecule has 25 heavy (non-hydrogen) atoms. The molecule has 2 aromatic rings. The third-order valence-electron chi connectivity index (χ3n) is 3.98. The van der Waals surface area contributed by atoms with Gasteiger partial charge in [0, 0.05) is 11.9 Å². The average molecular weight is 340 g/mol. The van der Waals surface area contributed by atoms with Gasteiger partial charge in [-0.25, -0.2) is 9.59 Å². The van der Waals surface area contributed by atoms with Crippen molar-refractivity contribution in [2.75, 3.05) is 19.5 Å². The monoisotopic (exact) mass is 340 g/mol. The third kappa shape index (κ3) is 3.12. The lowest BCUT2D eigenvalue weighted by Gasteiger charge is -2.11. The minimum atomic E-state index is -0.617. The van der Waals surface area contributed by atoms with Crippen LogP contribution in [0.2, 0.25) is 0 Å². The van der Waals surface area contributed by atoms with Crippen LogP contribution in [0.4, 0.5) is 10.5 Å². The van der Waals surface area contributed by atoms with Crippen LogP contribution in [0.5, 0.6) is 0 Å². The van der Waals surface area contributed by atoms with Crippen molar-refractivity contribution < 1.29 is 19.1 Å². The number of methoxy groups -OCH3 is 1. The van der Waals surface area contributed by atoms with E-state index < -0.39 is 12.1 Å².